The molecule has 5 nitrogen and oxygen atoms in total. The zero-order valence-electron chi connectivity index (χ0n) is 7.85. The van der Waals surface area contributed by atoms with Gasteiger partial charge in [0.15, 0.2) is 0 Å². The summed E-state index contributed by atoms with van der Waals surface area (Å²) in [7, 11) is 1.47. The Bertz CT molecular complexity index is 343. The zero-order chi connectivity index (χ0) is 10.6. The smallest absolute Gasteiger partial charge is 0.317 e. The van der Waals surface area contributed by atoms with Gasteiger partial charge in [-0.1, -0.05) is 0 Å². The lowest BCUT2D eigenvalue weighted by atomic mass is 10.2. The number of aliphatic carboxylic acids is 1. The maximum absolute atomic E-state index is 10.5. The van der Waals surface area contributed by atoms with E-state index >= 15 is 0 Å². The third kappa shape index (κ3) is 2.59. The molecule has 0 aromatic carbocycles. The van der Waals surface area contributed by atoms with E-state index in [9.17, 15) is 4.79 Å². The first-order valence-corrected chi connectivity index (χ1v) is 5.05. The summed E-state index contributed by atoms with van der Waals surface area (Å²) >= 11 is 1.37. The van der Waals surface area contributed by atoms with E-state index in [0.717, 1.165) is 0 Å². The molecule has 14 heavy (non-hydrogen) atoms. The molecule has 1 aromatic heterocycles. The van der Waals surface area contributed by atoms with Crippen molar-refractivity contribution >= 4 is 17.7 Å². The predicted octanol–water partition coefficient (Wildman–Crippen LogP) is 0.834. The molecule has 6 heteroatoms. The molecule has 0 saturated heterocycles. The highest BCUT2D eigenvalue weighted by atomic mass is 32.2. The summed E-state index contributed by atoms with van der Waals surface area (Å²) in [5, 5.41) is 9.26. The van der Waals surface area contributed by atoms with Gasteiger partial charge in [0.25, 0.3) is 0 Å². The lowest BCUT2D eigenvalue weighted by molar-refractivity contribution is -0.136. The summed E-state index contributed by atoms with van der Waals surface area (Å²) < 4.78 is 4.83. The van der Waals surface area contributed by atoms with Gasteiger partial charge in [-0.25, -0.2) is 4.98 Å². The van der Waals surface area contributed by atoms with Gasteiger partial charge in [-0.05, 0) is 6.26 Å². The van der Waals surface area contributed by atoms with E-state index in [4.69, 9.17) is 9.84 Å². The molecule has 0 aliphatic rings. The van der Waals surface area contributed by atoms with Crippen LogP contribution in [0.3, 0.4) is 0 Å². The van der Waals surface area contributed by atoms with E-state index in [2.05, 4.69) is 9.97 Å². The normalized spacial score (nSPS) is 9.86. The summed E-state index contributed by atoms with van der Waals surface area (Å²) in [5.74, 6) is -0.894. The Morgan fingerprint density at radius 3 is 2.93 bits per heavy atom. The van der Waals surface area contributed by atoms with E-state index in [1.165, 1.54) is 25.1 Å². The van der Waals surface area contributed by atoms with Crippen molar-refractivity contribution in [2.45, 2.75) is 11.4 Å². The topological polar surface area (TPSA) is 72.3 Å². The highest BCUT2D eigenvalue weighted by Gasteiger charge is 2.09. The quantitative estimate of drug-likeness (QED) is 0.591. The van der Waals surface area contributed by atoms with Crippen molar-refractivity contribution in [3.05, 3.63) is 11.8 Å². The molecule has 0 fully saturated rings. The Morgan fingerprint density at radius 2 is 2.43 bits per heavy atom. The average molecular weight is 214 g/mol. The van der Waals surface area contributed by atoms with Gasteiger partial charge in [0.2, 0.25) is 0 Å². The van der Waals surface area contributed by atoms with Gasteiger partial charge in [-0.15, -0.1) is 11.8 Å². The Kier molecular flexibility index (Phi) is 3.70. The molecule has 0 atom stereocenters. The minimum atomic E-state index is -0.894. The SMILES string of the molecule is COc1ncc(CC(=O)O)c(SC)n1. The van der Waals surface area contributed by atoms with E-state index in [-0.39, 0.29) is 12.4 Å². The summed E-state index contributed by atoms with van der Waals surface area (Å²) in [5.41, 5.74) is 0.603. The van der Waals surface area contributed by atoms with Gasteiger partial charge in [0, 0.05) is 11.8 Å². The first-order valence-electron chi connectivity index (χ1n) is 3.83. The molecule has 1 aromatic rings. The van der Waals surface area contributed by atoms with Crippen LogP contribution in [-0.2, 0) is 11.2 Å². The van der Waals surface area contributed by atoms with E-state index in [1.54, 1.807) is 0 Å². The van der Waals surface area contributed by atoms with Crippen molar-refractivity contribution < 1.29 is 14.6 Å². The molecule has 1 rings (SSSR count). The highest BCUT2D eigenvalue weighted by Crippen LogP contribution is 2.19. The molecular formula is C8H10N2O3S. The van der Waals surface area contributed by atoms with Crippen LogP contribution in [-0.4, -0.2) is 34.4 Å². The molecule has 0 unspecified atom stereocenters. The summed E-state index contributed by atoms with van der Waals surface area (Å²) in [6.45, 7) is 0. The Hall–Kier alpha value is -1.30. The number of carbonyl (C=O) groups is 1. The molecule has 1 heterocycles. The molecule has 0 radical (unpaired) electrons. The van der Waals surface area contributed by atoms with Crippen LogP contribution < -0.4 is 4.74 Å². The van der Waals surface area contributed by atoms with Gasteiger partial charge < -0.3 is 9.84 Å². The Balaban J connectivity index is 2.98. The van der Waals surface area contributed by atoms with E-state index in [1.807, 2.05) is 6.26 Å². The fourth-order valence-corrected chi connectivity index (χ4v) is 1.49. The molecule has 0 saturated carbocycles. The second kappa shape index (κ2) is 4.80. The van der Waals surface area contributed by atoms with Crippen molar-refractivity contribution in [2.24, 2.45) is 0 Å². The highest BCUT2D eigenvalue weighted by molar-refractivity contribution is 7.98. The van der Waals surface area contributed by atoms with E-state index < -0.39 is 5.97 Å². The molecule has 0 aliphatic carbocycles. The van der Waals surface area contributed by atoms with Crippen LogP contribution >= 0.6 is 11.8 Å². The number of carboxylic acids is 1. The van der Waals surface area contributed by atoms with Crippen molar-refractivity contribution in [1.29, 1.82) is 0 Å². The molecule has 0 bridgehead atoms. The number of carboxylic acid groups (broad SMARTS) is 1. The van der Waals surface area contributed by atoms with Gasteiger partial charge in [0.05, 0.1) is 13.5 Å². The van der Waals surface area contributed by atoms with Crippen LogP contribution in [0.1, 0.15) is 5.56 Å². The van der Waals surface area contributed by atoms with Crippen LogP contribution in [0.5, 0.6) is 6.01 Å². The van der Waals surface area contributed by atoms with Crippen molar-refractivity contribution in [3.8, 4) is 6.01 Å². The van der Waals surface area contributed by atoms with Crippen molar-refractivity contribution in [3.63, 3.8) is 0 Å². The molecule has 0 spiro atoms. The largest absolute Gasteiger partial charge is 0.481 e. The fraction of sp³-hybridized carbons (Fsp3) is 0.375. The number of methoxy groups -OCH3 is 1. The summed E-state index contributed by atoms with van der Waals surface area (Å²) in [6, 6.07) is 0.253. The van der Waals surface area contributed by atoms with Crippen LogP contribution in [0.25, 0.3) is 0 Å². The molecule has 1 N–H and O–H groups in total. The standard InChI is InChI=1S/C8H10N2O3S/c1-13-8-9-4-5(3-6(11)12)7(10-8)14-2/h4H,3H2,1-2H3,(H,11,12). The predicted molar refractivity (Wildman–Crippen MR) is 51.7 cm³/mol. The lowest BCUT2D eigenvalue weighted by Crippen LogP contribution is -2.04. The number of hydrogen-bond donors (Lipinski definition) is 1. The number of ether oxygens (including phenoxy) is 1. The second-order valence-corrected chi connectivity index (χ2v) is 3.26. The molecule has 0 aliphatic heterocycles. The van der Waals surface area contributed by atoms with Crippen molar-refractivity contribution in [2.75, 3.05) is 13.4 Å². The number of rotatable bonds is 4. The van der Waals surface area contributed by atoms with Gasteiger partial charge in [0.1, 0.15) is 5.03 Å². The second-order valence-electron chi connectivity index (χ2n) is 2.46. The minimum Gasteiger partial charge on any atom is -0.481 e. The van der Waals surface area contributed by atoms with Gasteiger partial charge in [-0.3, -0.25) is 4.79 Å². The minimum absolute atomic E-state index is 0.0693. The lowest BCUT2D eigenvalue weighted by Gasteiger charge is -2.04. The number of nitrogens with zero attached hydrogens (tertiary/aromatic N) is 2. The third-order valence-electron chi connectivity index (χ3n) is 1.52. The number of aromatic nitrogens is 2. The summed E-state index contributed by atoms with van der Waals surface area (Å²) in [6.07, 6.45) is 3.24. The maximum Gasteiger partial charge on any atom is 0.317 e. The van der Waals surface area contributed by atoms with Gasteiger partial charge in [-0.2, -0.15) is 4.98 Å². The fourth-order valence-electron chi connectivity index (χ4n) is 0.935. The van der Waals surface area contributed by atoms with Crippen LogP contribution in [0.15, 0.2) is 11.2 Å². The summed E-state index contributed by atoms with van der Waals surface area (Å²) in [4.78, 5) is 18.4. The Labute approximate surface area is 85.5 Å². The monoisotopic (exact) mass is 214 g/mol. The van der Waals surface area contributed by atoms with Gasteiger partial charge >= 0.3 is 12.0 Å². The van der Waals surface area contributed by atoms with Crippen LogP contribution in [0.2, 0.25) is 0 Å². The Morgan fingerprint density at radius 1 is 1.71 bits per heavy atom. The average Bonchev–Trinajstić information content (AvgIpc) is 2.17. The number of hydrogen-bond acceptors (Lipinski definition) is 5. The third-order valence-corrected chi connectivity index (χ3v) is 2.26. The molecule has 0 amide bonds. The first kappa shape index (κ1) is 10.8. The zero-order valence-corrected chi connectivity index (χ0v) is 8.67. The van der Waals surface area contributed by atoms with Crippen LogP contribution in [0, 0.1) is 0 Å². The van der Waals surface area contributed by atoms with Crippen LogP contribution in [0.4, 0.5) is 0 Å². The van der Waals surface area contributed by atoms with E-state index in [0.29, 0.717) is 10.6 Å². The number of thioether (sulfide) groups is 1. The molecule has 76 valence electrons. The van der Waals surface area contributed by atoms with Crippen molar-refractivity contribution in [1.82, 2.24) is 9.97 Å². The molecular weight excluding hydrogens is 204 g/mol. The maximum atomic E-state index is 10.5. The first-order chi connectivity index (χ1) is 6.67.